The van der Waals surface area contributed by atoms with Crippen molar-refractivity contribution < 1.29 is 9.26 Å². The summed E-state index contributed by atoms with van der Waals surface area (Å²) in [6.45, 7) is 2.66. The molecule has 0 bridgehead atoms. The number of rotatable bonds is 6. The van der Waals surface area contributed by atoms with Gasteiger partial charge < -0.3 is 20.0 Å². The fraction of sp³-hybridized carbons (Fsp3) is 0.364. The first-order valence-electron chi connectivity index (χ1n) is 5.71. The Morgan fingerprint density at radius 2 is 2.11 bits per heavy atom. The molecule has 0 aromatic carbocycles. The molecule has 2 aromatic rings. The maximum Gasteiger partial charge on any atom is 0.158 e. The SMILES string of the molecule is COCc1nc(NN)cc(NCc2cc(C)no2)n1. The van der Waals surface area contributed by atoms with E-state index in [4.69, 9.17) is 15.1 Å². The number of anilines is 2. The van der Waals surface area contributed by atoms with Gasteiger partial charge in [-0.25, -0.2) is 15.8 Å². The molecule has 19 heavy (non-hydrogen) atoms. The summed E-state index contributed by atoms with van der Waals surface area (Å²) in [6, 6.07) is 3.55. The van der Waals surface area contributed by atoms with Crippen molar-refractivity contribution >= 4 is 11.6 Å². The Bertz CT molecular complexity index is 542. The Labute approximate surface area is 110 Å². The maximum absolute atomic E-state index is 5.36. The quantitative estimate of drug-likeness (QED) is 0.519. The highest BCUT2D eigenvalue weighted by Crippen LogP contribution is 2.12. The molecule has 0 aliphatic heterocycles. The van der Waals surface area contributed by atoms with Crippen molar-refractivity contribution in [1.29, 1.82) is 0 Å². The number of ether oxygens (including phenoxy) is 1. The number of hydrazine groups is 1. The molecule has 2 rings (SSSR count). The number of aryl methyl sites for hydroxylation is 1. The van der Waals surface area contributed by atoms with Crippen molar-refractivity contribution in [3.8, 4) is 0 Å². The molecule has 2 heterocycles. The number of nitrogens with zero attached hydrogens (tertiary/aromatic N) is 3. The van der Waals surface area contributed by atoms with Crippen LogP contribution in [0.5, 0.6) is 0 Å². The van der Waals surface area contributed by atoms with Crippen LogP contribution < -0.4 is 16.6 Å². The fourth-order valence-corrected chi connectivity index (χ4v) is 1.53. The second-order valence-electron chi connectivity index (χ2n) is 3.92. The van der Waals surface area contributed by atoms with Gasteiger partial charge in [0.15, 0.2) is 11.6 Å². The van der Waals surface area contributed by atoms with Crippen LogP contribution in [0.15, 0.2) is 16.7 Å². The number of methoxy groups -OCH3 is 1. The van der Waals surface area contributed by atoms with Gasteiger partial charge >= 0.3 is 0 Å². The standard InChI is InChI=1S/C11H16N6O2/c1-7-3-8(19-17-7)5-13-9-4-10(16-12)15-11(14-9)6-18-2/h3-4H,5-6,12H2,1-2H3,(H2,13,14,15,16). The van der Waals surface area contributed by atoms with E-state index in [2.05, 4.69) is 25.9 Å². The van der Waals surface area contributed by atoms with Crippen LogP contribution in [0, 0.1) is 6.92 Å². The Balaban J connectivity index is 2.08. The predicted molar refractivity (Wildman–Crippen MR) is 69.1 cm³/mol. The number of hydrogen-bond donors (Lipinski definition) is 3. The van der Waals surface area contributed by atoms with Crippen molar-refractivity contribution in [1.82, 2.24) is 15.1 Å². The number of nitrogens with two attached hydrogens (primary N) is 1. The summed E-state index contributed by atoms with van der Waals surface area (Å²) < 4.78 is 10.1. The average molecular weight is 264 g/mol. The van der Waals surface area contributed by atoms with Crippen LogP contribution in [0.4, 0.5) is 11.6 Å². The van der Waals surface area contributed by atoms with E-state index >= 15 is 0 Å². The van der Waals surface area contributed by atoms with E-state index < -0.39 is 0 Å². The van der Waals surface area contributed by atoms with Crippen molar-refractivity contribution in [2.45, 2.75) is 20.1 Å². The molecule has 0 radical (unpaired) electrons. The zero-order valence-electron chi connectivity index (χ0n) is 10.8. The third kappa shape index (κ3) is 3.63. The minimum absolute atomic E-state index is 0.311. The fourth-order valence-electron chi connectivity index (χ4n) is 1.53. The van der Waals surface area contributed by atoms with Gasteiger partial charge in [-0.15, -0.1) is 0 Å². The molecule has 8 nitrogen and oxygen atoms in total. The zero-order valence-corrected chi connectivity index (χ0v) is 10.8. The van der Waals surface area contributed by atoms with Gasteiger partial charge in [-0.2, -0.15) is 0 Å². The summed E-state index contributed by atoms with van der Waals surface area (Å²) in [5, 5.41) is 6.92. The molecule has 0 unspecified atom stereocenters. The van der Waals surface area contributed by atoms with Gasteiger partial charge in [0.25, 0.3) is 0 Å². The zero-order chi connectivity index (χ0) is 13.7. The lowest BCUT2D eigenvalue weighted by atomic mass is 10.4. The first-order chi connectivity index (χ1) is 9.21. The second-order valence-corrected chi connectivity index (χ2v) is 3.92. The van der Waals surface area contributed by atoms with E-state index in [9.17, 15) is 0 Å². The molecule has 0 fully saturated rings. The van der Waals surface area contributed by atoms with Gasteiger partial charge in [-0.3, -0.25) is 0 Å². The molecule has 8 heteroatoms. The minimum Gasteiger partial charge on any atom is -0.377 e. The van der Waals surface area contributed by atoms with Crippen molar-refractivity contribution in [3.63, 3.8) is 0 Å². The van der Waals surface area contributed by atoms with Gasteiger partial charge in [0.2, 0.25) is 0 Å². The smallest absolute Gasteiger partial charge is 0.158 e. The number of aromatic nitrogens is 3. The number of nitrogens with one attached hydrogen (secondary N) is 2. The van der Waals surface area contributed by atoms with Crippen LogP contribution in [0.25, 0.3) is 0 Å². The molecular weight excluding hydrogens is 248 g/mol. The average Bonchev–Trinajstić information content (AvgIpc) is 2.82. The highest BCUT2D eigenvalue weighted by atomic mass is 16.5. The third-order valence-electron chi connectivity index (χ3n) is 2.31. The normalized spacial score (nSPS) is 10.5. The molecule has 2 aromatic heterocycles. The summed E-state index contributed by atoms with van der Waals surface area (Å²) in [6.07, 6.45) is 0. The Kier molecular flexibility index (Phi) is 4.26. The number of nitrogen functional groups attached to an aromatic ring is 1. The van der Waals surface area contributed by atoms with E-state index in [0.29, 0.717) is 30.6 Å². The van der Waals surface area contributed by atoms with Gasteiger partial charge in [0, 0.05) is 19.2 Å². The lowest BCUT2D eigenvalue weighted by Crippen LogP contribution is -2.12. The van der Waals surface area contributed by atoms with E-state index in [1.165, 1.54) is 0 Å². The molecular formula is C11H16N6O2. The van der Waals surface area contributed by atoms with Gasteiger partial charge in [-0.1, -0.05) is 5.16 Å². The second kappa shape index (κ2) is 6.12. The van der Waals surface area contributed by atoms with Crippen LogP contribution in [0.3, 0.4) is 0 Å². The highest BCUT2D eigenvalue weighted by molar-refractivity contribution is 5.46. The first-order valence-corrected chi connectivity index (χ1v) is 5.71. The van der Waals surface area contributed by atoms with Crippen molar-refractivity contribution in [2.24, 2.45) is 5.84 Å². The predicted octanol–water partition coefficient (Wildman–Crippen LogP) is 0.817. The summed E-state index contributed by atoms with van der Waals surface area (Å²) in [5.74, 6) is 7.76. The van der Waals surface area contributed by atoms with Crippen LogP contribution in [-0.2, 0) is 17.9 Å². The van der Waals surface area contributed by atoms with E-state index in [-0.39, 0.29) is 0 Å². The third-order valence-corrected chi connectivity index (χ3v) is 2.31. The van der Waals surface area contributed by atoms with E-state index in [1.807, 2.05) is 13.0 Å². The lowest BCUT2D eigenvalue weighted by Gasteiger charge is -2.08. The topological polar surface area (TPSA) is 111 Å². The van der Waals surface area contributed by atoms with Crippen LogP contribution in [0.2, 0.25) is 0 Å². The molecule has 0 spiro atoms. The van der Waals surface area contributed by atoms with Crippen molar-refractivity contribution in [2.75, 3.05) is 17.9 Å². The monoisotopic (exact) mass is 264 g/mol. The molecule has 0 atom stereocenters. The Morgan fingerprint density at radius 3 is 2.74 bits per heavy atom. The molecule has 102 valence electrons. The van der Waals surface area contributed by atoms with Crippen LogP contribution in [-0.4, -0.2) is 22.2 Å². The molecule has 0 amide bonds. The Morgan fingerprint density at radius 1 is 1.32 bits per heavy atom. The lowest BCUT2D eigenvalue weighted by molar-refractivity contribution is 0.178. The molecule has 0 saturated carbocycles. The van der Waals surface area contributed by atoms with Gasteiger partial charge in [0.1, 0.15) is 18.2 Å². The maximum atomic E-state index is 5.36. The van der Waals surface area contributed by atoms with E-state index in [1.54, 1.807) is 13.2 Å². The summed E-state index contributed by atoms with van der Waals surface area (Å²) in [4.78, 5) is 8.44. The van der Waals surface area contributed by atoms with Gasteiger partial charge in [0.05, 0.1) is 12.2 Å². The molecule has 0 aliphatic carbocycles. The van der Waals surface area contributed by atoms with Crippen LogP contribution >= 0.6 is 0 Å². The minimum atomic E-state index is 0.311. The van der Waals surface area contributed by atoms with Gasteiger partial charge in [-0.05, 0) is 6.92 Å². The van der Waals surface area contributed by atoms with E-state index in [0.717, 1.165) is 11.5 Å². The Hall–Kier alpha value is -2.19. The molecule has 0 saturated heterocycles. The first kappa shape index (κ1) is 13.2. The largest absolute Gasteiger partial charge is 0.377 e. The summed E-state index contributed by atoms with van der Waals surface area (Å²) >= 11 is 0. The number of hydrogen-bond acceptors (Lipinski definition) is 8. The molecule has 4 N–H and O–H groups in total. The summed E-state index contributed by atoms with van der Waals surface area (Å²) in [7, 11) is 1.58. The highest BCUT2D eigenvalue weighted by Gasteiger charge is 2.05. The van der Waals surface area contributed by atoms with Crippen LogP contribution in [0.1, 0.15) is 17.3 Å². The molecule has 0 aliphatic rings. The summed E-state index contributed by atoms with van der Waals surface area (Å²) in [5.41, 5.74) is 3.32. The van der Waals surface area contributed by atoms with Crippen molar-refractivity contribution in [3.05, 3.63) is 29.4 Å².